The molecule has 0 amide bonds. The van der Waals surface area contributed by atoms with Crippen LogP contribution in [0.1, 0.15) is 19.3 Å². The van der Waals surface area contributed by atoms with Gasteiger partial charge in [0.15, 0.2) is 0 Å². The predicted molar refractivity (Wildman–Crippen MR) is 58.9 cm³/mol. The highest BCUT2D eigenvalue weighted by Gasteiger charge is 2.13. The van der Waals surface area contributed by atoms with Gasteiger partial charge in [0.2, 0.25) is 0 Å². The third kappa shape index (κ3) is 3.56. The Kier molecular flexibility index (Phi) is 4.03. The van der Waals surface area contributed by atoms with E-state index in [0.29, 0.717) is 0 Å². The summed E-state index contributed by atoms with van der Waals surface area (Å²) in [5.74, 6) is 1.73. The number of rotatable bonds is 4. The van der Waals surface area contributed by atoms with E-state index in [1.165, 1.54) is 12.8 Å². The van der Waals surface area contributed by atoms with Gasteiger partial charge in [0.25, 0.3) is 0 Å². The molecule has 2 nitrogen and oxygen atoms in total. The van der Waals surface area contributed by atoms with Crippen molar-refractivity contribution < 1.29 is 9.47 Å². The fourth-order valence-electron chi connectivity index (χ4n) is 1.85. The van der Waals surface area contributed by atoms with Gasteiger partial charge in [-0.2, -0.15) is 0 Å². The smallest absolute Gasteiger partial charge is 0.119 e. The van der Waals surface area contributed by atoms with Crippen molar-refractivity contribution in [3.63, 3.8) is 0 Å². The van der Waals surface area contributed by atoms with Crippen LogP contribution in [0.4, 0.5) is 0 Å². The third-order valence-electron chi connectivity index (χ3n) is 2.82. The van der Waals surface area contributed by atoms with Gasteiger partial charge in [0.1, 0.15) is 5.75 Å². The minimum absolute atomic E-state index is 0.786. The van der Waals surface area contributed by atoms with E-state index in [2.05, 4.69) is 6.07 Å². The van der Waals surface area contributed by atoms with Crippen LogP contribution >= 0.6 is 0 Å². The van der Waals surface area contributed by atoms with E-state index < -0.39 is 0 Å². The Bertz CT molecular complexity index is 265. The molecule has 1 saturated heterocycles. The van der Waals surface area contributed by atoms with Crippen molar-refractivity contribution in [1.82, 2.24) is 0 Å². The summed E-state index contributed by atoms with van der Waals surface area (Å²) in [6.45, 7) is 2.66. The van der Waals surface area contributed by atoms with Gasteiger partial charge in [-0.1, -0.05) is 12.1 Å². The van der Waals surface area contributed by atoms with Crippen LogP contribution in [0, 0.1) is 12.0 Å². The average Bonchev–Trinajstić information content (AvgIpc) is 2.32. The summed E-state index contributed by atoms with van der Waals surface area (Å²) in [5, 5.41) is 0. The lowest BCUT2D eigenvalue weighted by Gasteiger charge is -2.21. The van der Waals surface area contributed by atoms with E-state index in [9.17, 15) is 0 Å². The minimum Gasteiger partial charge on any atom is -0.494 e. The zero-order valence-corrected chi connectivity index (χ0v) is 8.95. The van der Waals surface area contributed by atoms with Crippen LogP contribution < -0.4 is 4.74 Å². The fraction of sp³-hybridized carbons (Fsp3) is 0.538. The monoisotopic (exact) mass is 205 g/mol. The number of ether oxygens (including phenoxy) is 2. The van der Waals surface area contributed by atoms with E-state index in [1.54, 1.807) is 0 Å². The first kappa shape index (κ1) is 10.5. The highest BCUT2D eigenvalue weighted by molar-refractivity contribution is 5.20. The lowest BCUT2D eigenvalue weighted by Crippen LogP contribution is -2.17. The van der Waals surface area contributed by atoms with Crippen molar-refractivity contribution in [2.45, 2.75) is 19.3 Å². The Morgan fingerprint density at radius 2 is 2.00 bits per heavy atom. The number of hydrogen-bond donors (Lipinski definition) is 0. The topological polar surface area (TPSA) is 18.5 Å². The molecule has 0 aliphatic carbocycles. The molecule has 0 saturated carbocycles. The van der Waals surface area contributed by atoms with Crippen molar-refractivity contribution in [3.05, 3.63) is 30.3 Å². The Hall–Kier alpha value is -1.02. The summed E-state index contributed by atoms with van der Waals surface area (Å²) in [7, 11) is 0. The van der Waals surface area contributed by atoms with Gasteiger partial charge >= 0.3 is 0 Å². The third-order valence-corrected chi connectivity index (χ3v) is 2.82. The molecule has 1 fully saturated rings. The van der Waals surface area contributed by atoms with Gasteiger partial charge in [-0.25, -0.2) is 0 Å². The lowest BCUT2D eigenvalue weighted by atomic mass is 9.97. The van der Waals surface area contributed by atoms with Crippen molar-refractivity contribution in [2.75, 3.05) is 19.8 Å². The summed E-state index contributed by atoms with van der Waals surface area (Å²) in [5.41, 5.74) is 0. The maximum Gasteiger partial charge on any atom is 0.119 e. The Morgan fingerprint density at radius 1 is 1.27 bits per heavy atom. The van der Waals surface area contributed by atoms with Crippen LogP contribution in [0.15, 0.2) is 24.3 Å². The van der Waals surface area contributed by atoms with Crippen LogP contribution in [0.25, 0.3) is 0 Å². The van der Waals surface area contributed by atoms with Crippen LogP contribution in [-0.4, -0.2) is 19.8 Å². The van der Waals surface area contributed by atoms with Crippen LogP contribution in [0.2, 0.25) is 0 Å². The van der Waals surface area contributed by atoms with Gasteiger partial charge in [-0.15, -0.1) is 0 Å². The molecule has 15 heavy (non-hydrogen) atoms. The van der Waals surface area contributed by atoms with Gasteiger partial charge in [0.05, 0.1) is 6.61 Å². The largest absolute Gasteiger partial charge is 0.494 e. The van der Waals surface area contributed by atoms with E-state index in [1.807, 2.05) is 24.3 Å². The molecule has 81 valence electrons. The molecule has 0 unspecified atom stereocenters. The molecule has 0 N–H and O–H groups in total. The first-order valence-corrected chi connectivity index (χ1v) is 5.62. The molecule has 1 aromatic carbocycles. The molecular weight excluding hydrogens is 188 g/mol. The Labute approximate surface area is 91.2 Å². The Balaban J connectivity index is 1.66. The summed E-state index contributed by atoms with van der Waals surface area (Å²) < 4.78 is 11.0. The molecular formula is C13H17O2. The molecule has 1 aliphatic heterocycles. The maximum atomic E-state index is 5.65. The summed E-state index contributed by atoms with van der Waals surface area (Å²) in [4.78, 5) is 0. The second-order valence-electron chi connectivity index (χ2n) is 3.93. The SMILES string of the molecule is [c]1ccc(OCCC2CCOCC2)cc1. The average molecular weight is 205 g/mol. The standard InChI is InChI=1S/C13H17O2/c1-2-4-13(5-3-1)15-11-8-12-6-9-14-10-7-12/h2-5,12H,6-11H2. The van der Waals surface area contributed by atoms with Gasteiger partial charge in [-0.3, -0.25) is 0 Å². The second kappa shape index (κ2) is 5.76. The summed E-state index contributed by atoms with van der Waals surface area (Å²) in [6, 6.07) is 10.6. The molecule has 1 radical (unpaired) electrons. The molecule has 1 aliphatic rings. The molecule has 2 rings (SSSR count). The van der Waals surface area contributed by atoms with E-state index in [-0.39, 0.29) is 0 Å². The molecule has 2 heteroatoms. The fourth-order valence-corrected chi connectivity index (χ4v) is 1.85. The van der Waals surface area contributed by atoms with Crippen molar-refractivity contribution in [1.29, 1.82) is 0 Å². The van der Waals surface area contributed by atoms with E-state index in [4.69, 9.17) is 9.47 Å². The van der Waals surface area contributed by atoms with E-state index in [0.717, 1.165) is 37.9 Å². The maximum absolute atomic E-state index is 5.65. The molecule has 1 aromatic rings. The number of benzene rings is 1. The zero-order valence-electron chi connectivity index (χ0n) is 8.95. The molecule has 1 heterocycles. The zero-order chi connectivity index (χ0) is 10.3. The molecule has 0 aromatic heterocycles. The molecule has 0 spiro atoms. The van der Waals surface area contributed by atoms with Crippen molar-refractivity contribution >= 4 is 0 Å². The minimum atomic E-state index is 0.786. The quantitative estimate of drug-likeness (QED) is 0.752. The lowest BCUT2D eigenvalue weighted by molar-refractivity contribution is 0.0593. The van der Waals surface area contributed by atoms with Crippen LogP contribution in [0.5, 0.6) is 5.75 Å². The highest BCUT2D eigenvalue weighted by atomic mass is 16.5. The molecule has 0 atom stereocenters. The highest BCUT2D eigenvalue weighted by Crippen LogP contribution is 2.19. The van der Waals surface area contributed by atoms with Gasteiger partial charge in [0, 0.05) is 13.2 Å². The van der Waals surface area contributed by atoms with Crippen LogP contribution in [-0.2, 0) is 4.74 Å². The Morgan fingerprint density at radius 3 is 2.73 bits per heavy atom. The normalized spacial score (nSPS) is 17.6. The summed E-state index contributed by atoms with van der Waals surface area (Å²) >= 11 is 0. The van der Waals surface area contributed by atoms with Crippen molar-refractivity contribution in [2.24, 2.45) is 5.92 Å². The first-order valence-electron chi connectivity index (χ1n) is 5.62. The van der Waals surface area contributed by atoms with Gasteiger partial charge < -0.3 is 9.47 Å². The van der Waals surface area contributed by atoms with Crippen molar-refractivity contribution in [3.8, 4) is 5.75 Å². The summed E-state index contributed by atoms with van der Waals surface area (Å²) in [6.07, 6.45) is 3.51. The molecule has 0 bridgehead atoms. The van der Waals surface area contributed by atoms with Gasteiger partial charge in [-0.05, 0) is 43.4 Å². The second-order valence-corrected chi connectivity index (χ2v) is 3.93. The van der Waals surface area contributed by atoms with E-state index >= 15 is 0 Å². The predicted octanol–water partition coefficient (Wildman–Crippen LogP) is 2.68. The number of hydrogen-bond acceptors (Lipinski definition) is 2. The first-order chi connectivity index (χ1) is 7.45. The van der Waals surface area contributed by atoms with Crippen LogP contribution in [0.3, 0.4) is 0 Å².